The maximum absolute atomic E-state index is 14.9. The van der Waals surface area contributed by atoms with Crippen LogP contribution in [0.3, 0.4) is 0 Å². The van der Waals surface area contributed by atoms with Crippen molar-refractivity contribution in [2.24, 2.45) is 17.8 Å². The van der Waals surface area contributed by atoms with Gasteiger partial charge in [-0.3, -0.25) is 9.69 Å². The summed E-state index contributed by atoms with van der Waals surface area (Å²) in [6.07, 6.45) is 10.8. The summed E-state index contributed by atoms with van der Waals surface area (Å²) < 4.78 is 28.6. The van der Waals surface area contributed by atoms with Crippen LogP contribution in [0.4, 0.5) is 8.78 Å². The van der Waals surface area contributed by atoms with Crippen LogP contribution in [0.15, 0.2) is 18.2 Å². The van der Waals surface area contributed by atoms with Gasteiger partial charge in [-0.1, -0.05) is 45.1 Å². The molecule has 1 saturated heterocycles. The first kappa shape index (κ1) is 29.4. The summed E-state index contributed by atoms with van der Waals surface area (Å²) >= 11 is 1.93. The molecule has 1 aliphatic heterocycles. The summed E-state index contributed by atoms with van der Waals surface area (Å²) in [7, 11) is 0. The Morgan fingerprint density at radius 2 is 1.83 bits per heavy atom. The second kappa shape index (κ2) is 13.1. The molecule has 0 spiro atoms. The molecule has 2 aliphatic rings. The van der Waals surface area contributed by atoms with E-state index in [4.69, 9.17) is 0 Å². The molecule has 0 bridgehead atoms. The molecular weight excluding hydrogens is 474 g/mol. The Labute approximate surface area is 222 Å². The number of hydrogen-bond acceptors (Lipinski definition) is 3. The predicted molar refractivity (Wildman–Crippen MR) is 148 cm³/mol. The second-order valence-corrected chi connectivity index (χ2v) is 12.9. The van der Waals surface area contributed by atoms with Crippen LogP contribution in [0.25, 0.3) is 0 Å². The number of hydrogen-bond donors (Lipinski definition) is 0. The van der Waals surface area contributed by atoms with Crippen LogP contribution >= 0.6 is 11.8 Å². The third-order valence-electron chi connectivity index (χ3n) is 8.76. The van der Waals surface area contributed by atoms with E-state index < -0.39 is 11.6 Å². The zero-order valence-corrected chi connectivity index (χ0v) is 24.2. The first-order valence-electron chi connectivity index (χ1n) is 14.1. The average molecular weight is 523 g/mol. The highest BCUT2D eigenvalue weighted by Gasteiger charge is 2.45. The zero-order valence-electron chi connectivity index (χ0n) is 23.4. The van der Waals surface area contributed by atoms with Crippen molar-refractivity contribution in [3.05, 3.63) is 35.4 Å². The molecule has 3 rings (SSSR count). The van der Waals surface area contributed by atoms with Gasteiger partial charge in [-0.15, -0.1) is 0 Å². The lowest BCUT2D eigenvalue weighted by molar-refractivity contribution is -0.138. The molecule has 1 saturated carbocycles. The van der Waals surface area contributed by atoms with E-state index in [1.807, 2.05) is 11.8 Å². The van der Waals surface area contributed by atoms with E-state index in [1.165, 1.54) is 38.2 Å². The summed E-state index contributed by atoms with van der Waals surface area (Å²) in [5, 5.41) is 0. The van der Waals surface area contributed by atoms with Gasteiger partial charge in [0.1, 0.15) is 11.6 Å². The first-order chi connectivity index (χ1) is 17.1. The maximum Gasteiger partial charge on any atom is 0.227 e. The van der Waals surface area contributed by atoms with Crippen LogP contribution in [0.5, 0.6) is 0 Å². The minimum atomic E-state index is -0.575. The standard InChI is InChI=1S/C30H48F2N2OS/c1-7-24(16-22(20-36-6)21-12-10-9-11-13-21)34(8-2)29(35)27-19-33(30(3,4)5)18-26(27)25-15-14-23(31)17-28(25)32/h14-15,17,21-22,24,26-27H,7-13,16,18-20H2,1-6H3. The van der Waals surface area contributed by atoms with Crippen LogP contribution in [-0.2, 0) is 4.79 Å². The Bertz CT molecular complexity index is 852. The smallest absolute Gasteiger partial charge is 0.227 e. The van der Waals surface area contributed by atoms with Gasteiger partial charge >= 0.3 is 0 Å². The number of amides is 1. The van der Waals surface area contributed by atoms with Gasteiger partial charge in [-0.2, -0.15) is 11.8 Å². The molecule has 4 unspecified atom stereocenters. The van der Waals surface area contributed by atoms with E-state index in [-0.39, 0.29) is 29.3 Å². The van der Waals surface area contributed by atoms with Crippen molar-refractivity contribution in [1.82, 2.24) is 9.80 Å². The molecule has 6 heteroatoms. The minimum Gasteiger partial charge on any atom is -0.340 e. The van der Waals surface area contributed by atoms with Crippen molar-refractivity contribution in [2.75, 3.05) is 31.6 Å². The summed E-state index contributed by atoms with van der Waals surface area (Å²) in [4.78, 5) is 18.6. The highest BCUT2D eigenvalue weighted by molar-refractivity contribution is 7.98. The van der Waals surface area contributed by atoms with Crippen molar-refractivity contribution in [3.8, 4) is 0 Å². The maximum atomic E-state index is 14.9. The normalized spacial score (nSPS) is 23.6. The first-order valence-corrected chi connectivity index (χ1v) is 15.5. The minimum absolute atomic E-state index is 0.130. The van der Waals surface area contributed by atoms with E-state index in [0.717, 1.165) is 30.6 Å². The molecule has 1 aromatic rings. The molecule has 4 atom stereocenters. The lowest BCUT2D eigenvalue weighted by atomic mass is 9.77. The van der Waals surface area contributed by atoms with Crippen molar-refractivity contribution in [1.29, 1.82) is 0 Å². The van der Waals surface area contributed by atoms with Crippen LogP contribution in [0.1, 0.15) is 91.0 Å². The number of thioether (sulfide) groups is 1. The van der Waals surface area contributed by atoms with Gasteiger partial charge in [0.25, 0.3) is 0 Å². The molecule has 1 aliphatic carbocycles. The Morgan fingerprint density at radius 1 is 1.14 bits per heavy atom. The number of rotatable bonds is 10. The zero-order chi connectivity index (χ0) is 26.5. The third kappa shape index (κ3) is 7.03. The Hall–Kier alpha value is -1.14. The van der Waals surface area contributed by atoms with Gasteiger partial charge in [-0.25, -0.2) is 8.78 Å². The number of halogens is 2. The molecule has 0 N–H and O–H groups in total. The molecule has 1 amide bonds. The molecule has 0 aromatic heterocycles. The molecule has 3 nitrogen and oxygen atoms in total. The number of nitrogens with zero attached hydrogens (tertiary/aromatic N) is 2. The van der Waals surface area contributed by atoms with Gasteiger partial charge in [0, 0.05) is 43.2 Å². The number of likely N-dealkylation sites (tertiary alicyclic amines) is 1. The fourth-order valence-corrected chi connectivity index (χ4v) is 7.44. The number of carbonyl (C=O) groups is 1. The molecule has 2 fully saturated rings. The van der Waals surface area contributed by atoms with Crippen molar-refractivity contribution >= 4 is 17.7 Å². The summed E-state index contributed by atoms with van der Waals surface area (Å²) in [6.45, 7) is 12.6. The van der Waals surface area contributed by atoms with Crippen LogP contribution < -0.4 is 0 Å². The summed E-state index contributed by atoms with van der Waals surface area (Å²) in [6, 6.07) is 4.03. The second-order valence-electron chi connectivity index (χ2n) is 12.0. The van der Waals surface area contributed by atoms with Gasteiger partial charge in [-0.05, 0) is 76.0 Å². The fourth-order valence-electron chi connectivity index (χ4n) is 6.61. The topological polar surface area (TPSA) is 23.6 Å². The summed E-state index contributed by atoms with van der Waals surface area (Å²) in [5.41, 5.74) is 0.336. The van der Waals surface area contributed by atoms with Gasteiger partial charge in [0.05, 0.1) is 5.92 Å². The summed E-state index contributed by atoms with van der Waals surface area (Å²) in [5.74, 6) is 0.962. The largest absolute Gasteiger partial charge is 0.340 e. The lowest BCUT2D eigenvalue weighted by Crippen LogP contribution is -2.47. The predicted octanol–water partition coefficient (Wildman–Crippen LogP) is 7.36. The van der Waals surface area contributed by atoms with Gasteiger partial charge in [0.15, 0.2) is 0 Å². The van der Waals surface area contributed by atoms with E-state index >= 15 is 0 Å². The molecule has 36 heavy (non-hydrogen) atoms. The molecule has 1 aromatic carbocycles. The highest BCUT2D eigenvalue weighted by Crippen LogP contribution is 2.40. The fraction of sp³-hybridized carbons (Fsp3) is 0.767. The van der Waals surface area contributed by atoms with Crippen molar-refractivity contribution in [3.63, 3.8) is 0 Å². The number of carbonyl (C=O) groups excluding carboxylic acids is 1. The third-order valence-corrected chi connectivity index (χ3v) is 9.52. The van der Waals surface area contributed by atoms with E-state index in [2.05, 4.69) is 50.7 Å². The average Bonchev–Trinajstić information content (AvgIpc) is 3.29. The molecule has 204 valence electrons. The van der Waals surface area contributed by atoms with Gasteiger partial charge in [0.2, 0.25) is 5.91 Å². The number of benzene rings is 1. The SMILES string of the molecule is CCC(CC(CSC)C1CCCCC1)N(CC)C(=O)C1CN(C(C)(C)C)CC1c1ccc(F)cc1F. The van der Waals surface area contributed by atoms with E-state index in [1.54, 1.807) is 6.07 Å². The quantitative estimate of drug-likeness (QED) is 0.321. The van der Waals surface area contributed by atoms with Crippen molar-refractivity contribution in [2.45, 2.75) is 97.1 Å². The lowest BCUT2D eigenvalue weighted by Gasteiger charge is -2.38. The Morgan fingerprint density at radius 3 is 2.39 bits per heavy atom. The van der Waals surface area contributed by atoms with Crippen LogP contribution in [0.2, 0.25) is 0 Å². The van der Waals surface area contributed by atoms with Crippen LogP contribution in [-0.4, -0.2) is 58.9 Å². The Kier molecular flexibility index (Phi) is 10.7. The molecular formula is C30H48F2N2OS. The highest BCUT2D eigenvalue weighted by atomic mass is 32.2. The van der Waals surface area contributed by atoms with E-state index in [0.29, 0.717) is 31.1 Å². The molecule has 1 heterocycles. The van der Waals surface area contributed by atoms with Crippen LogP contribution in [0, 0.1) is 29.4 Å². The van der Waals surface area contributed by atoms with Gasteiger partial charge < -0.3 is 4.90 Å². The Balaban J connectivity index is 1.86. The monoisotopic (exact) mass is 522 g/mol. The van der Waals surface area contributed by atoms with E-state index in [9.17, 15) is 13.6 Å². The van der Waals surface area contributed by atoms with Crippen molar-refractivity contribution < 1.29 is 13.6 Å². The molecule has 0 radical (unpaired) electrons.